The van der Waals surface area contributed by atoms with Crippen LogP contribution in [-0.2, 0) is 58.2 Å². The number of esters is 2. The first-order chi connectivity index (χ1) is 41.1. The molecule has 16 nitrogen and oxygen atoms in total. The van der Waals surface area contributed by atoms with Crippen molar-refractivity contribution < 1.29 is 28.7 Å². The summed E-state index contributed by atoms with van der Waals surface area (Å²) in [5, 5.41) is 30.2. The van der Waals surface area contributed by atoms with E-state index in [4.69, 9.17) is 9.47 Å². The van der Waals surface area contributed by atoms with Crippen molar-refractivity contribution in [3.8, 4) is 22.3 Å². The first-order valence-electron chi connectivity index (χ1n) is 28.0. The molecular weight excluding hydrogens is 1050 g/mol. The van der Waals surface area contributed by atoms with Gasteiger partial charge in [0.05, 0.1) is 24.9 Å². The minimum atomic E-state index is -0.442. The van der Waals surface area contributed by atoms with Gasteiger partial charge in [0.15, 0.2) is 0 Å². The largest absolute Gasteiger partial charge is 0.461 e. The molecule has 0 radical (unpaired) electrons. The van der Waals surface area contributed by atoms with Crippen LogP contribution in [0.15, 0.2) is 231 Å². The van der Waals surface area contributed by atoms with E-state index in [0.717, 1.165) is 55.6 Å². The maximum atomic E-state index is 13.4. The highest BCUT2D eigenvalue weighted by atomic mass is 16.5. The predicted octanol–water partition coefficient (Wildman–Crippen LogP) is 11.0. The molecule has 10 aromatic rings. The third-order valence-electron chi connectivity index (χ3n) is 14.0. The fourth-order valence-corrected chi connectivity index (χ4v) is 9.55. The number of hydrogen-bond acceptors (Lipinski definition) is 12. The number of nitrogens with zero attached hydrogens (tertiary/aromatic N) is 8. The van der Waals surface area contributed by atoms with Crippen molar-refractivity contribution >= 4 is 23.8 Å². The summed E-state index contributed by atoms with van der Waals surface area (Å²) in [7, 11) is 0. The van der Waals surface area contributed by atoms with Gasteiger partial charge in [-0.15, -0.1) is 15.3 Å². The molecule has 4 atom stereocenters. The zero-order valence-electron chi connectivity index (χ0n) is 46.9. The van der Waals surface area contributed by atoms with Crippen LogP contribution in [0, 0.1) is 11.8 Å². The lowest BCUT2D eigenvalue weighted by molar-refractivity contribution is -0.150. The van der Waals surface area contributed by atoms with Gasteiger partial charge in [-0.25, -0.2) is 4.68 Å². The number of rotatable bonds is 24. The molecule has 0 unspecified atom stereocenters. The van der Waals surface area contributed by atoms with Crippen molar-refractivity contribution in [2.45, 2.75) is 77.9 Å². The monoisotopic (exact) mass is 1120 g/mol. The fourth-order valence-electron chi connectivity index (χ4n) is 9.55. The second kappa shape index (κ2) is 30.0. The molecule has 2 heterocycles. The van der Waals surface area contributed by atoms with Crippen LogP contribution in [0.4, 0.5) is 0 Å². The highest BCUT2D eigenvalue weighted by molar-refractivity contribution is 5.91. The molecule has 0 spiro atoms. The number of carbonyl (C=O) groups is 4. The van der Waals surface area contributed by atoms with Crippen LogP contribution < -0.4 is 10.6 Å². The molecule has 2 amide bonds. The van der Waals surface area contributed by atoms with E-state index in [1.807, 2.05) is 184 Å². The second-order valence-electron chi connectivity index (χ2n) is 20.6. The standard InChI is InChI=1S/2C34H33N5O3/c1-25(34(41)42-24-28-13-7-3-8-14-28)21-31(22-26-17-19-30(20-18-26)29-15-9-4-10-16-29)35-33(40)32-36-37-38-39(32)23-27-11-5-2-6-12-27;1-25(34(41)42-24-28-13-7-3-8-14-28)21-31(22-26-17-19-30(20-18-26)29-15-9-4-10-16-29)35-33(40)32-36-38-39(37-32)23-27-11-5-2-6-12-27/h2*2-20,25,31H,21-24H2,1H3,(H,35,40)/t2*25-,31+/m11/s1. The number of carbonyl (C=O) groups excluding carboxylic acids is 4. The molecule has 10 rings (SSSR count). The number of benzene rings is 8. The Morgan fingerprint density at radius 1 is 0.417 bits per heavy atom. The van der Waals surface area contributed by atoms with Crippen molar-refractivity contribution in [1.82, 2.24) is 51.0 Å². The zero-order chi connectivity index (χ0) is 58.3. The third-order valence-corrected chi connectivity index (χ3v) is 14.0. The molecule has 0 bridgehead atoms. The average molecular weight is 1120 g/mol. The van der Waals surface area contributed by atoms with Crippen molar-refractivity contribution in [3.05, 3.63) is 276 Å². The van der Waals surface area contributed by atoms with E-state index in [2.05, 4.69) is 102 Å². The Morgan fingerprint density at radius 3 is 1.24 bits per heavy atom. The van der Waals surface area contributed by atoms with Crippen LogP contribution in [0.1, 0.15) is 81.3 Å². The van der Waals surface area contributed by atoms with Crippen LogP contribution in [0.3, 0.4) is 0 Å². The van der Waals surface area contributed by atoms with Gasteiger partial charge in [0.25, 0.3) is 17.6 Å². The Labute approximate surface area is 488 Å². The van der Waals surface area contributed by atoms with Crippen LogP contribution in [0.25, 0.3) is 22.3 Å². The van der Waals surface area contributed by atoms with E-state index >= 15 is 0 Å². The molecule has 0 saturated heterocycles. The quantitative estimate of drug-likeness (QED) is 0.0544. The Balaban J connectivity index is 0.000000202. The molecule has 2 N–H and O–H groups in total. The van der Waals surface area contributed by atoms with Gasteiger partial charge in [0, 0.05) is 12.1 Å². The Bertz CT molecular complexity index is 3630. The molecule has 0 aliphatic rings. The normalized spacial score (nSPS) is 12.3. The van der Waals surface area contributed by atoms with E-state index in [1.54, 1.807) is 0 Å². The molecule has 16 heteroatoms. The van der Waals surface area contributed by atoms with Crippen LogP contribution in [0.2, 0.25) is 0 Å². The van der Waals surface area contributed by atoms with Gasteiger partial charge in [-0.2, -0.15) is 4.80 Å². The summed E-state index contributed by atoms with van der Waals surface area (Å²) in [5.74, 6) is -2.25. The minimum absolute atomic E-state index is 0.0188. The molecule has 84 heavy (non-hydrogen) atoms. The predicted molar refractivity (Wildman–Crippen MR) is 320 cm³/mol. The van der Waals surface area contributed by atoms with Crippen LogP contribution in [0.5, 0.6) is 0 Å². The van der Waals surface area contributed by atoms with Crippen molar-refractivity contribution in [1.29, 1.82) is 0 Å². The SMILES string of the molecule is C[C@H](C[C@@H](Cc1ccc(-c2ccccc2)cc1)NC(=O)c1nnn(Cc2ccccc2)n1)C(=O)OCc1ccccc1.C[C@H](C[C@@H](Cc1ccc(-c2ccccc2)cc1)NC(=O)c1nnnn1Cc1ccccc1)C(=O)OCc1ccccc1. The summed E-state index contributed by atoms with van der Waals surface area (Å²) in [5.41, 5.74) is 10.4. The zero-order valence-corrected chi connectivity index (χ0v) is 46.9. The van der Waals surface area contributed by atoms with Gasteiger partial charge < -0.3 is 20.1 Å². The van der Waals surface area contributed by atoms with Crippen molar-refractivity contribution in [3.63, 3.8) is 0 Å². The molecule has 0 aliphatic heterocycles. The van der Waals surface area contributed by atoms with E-state index in [-0.39, 0.29) is 48.9 Å². The summed E-state index contributed by atoms with van der Waals surface area (Å²) >= 11 is 0. The van der Waals surface area contributed by atoms with E-state index in [1.165, 1.54) is 9.48 Å². The molecule has 0 fully saturated rings. The molecular formula is C68H66N10O6. The molecule has 0 aliphatic carbocycles. The molecule has 0 saturated carbocycles. The first kappa shape index (κ1) is 58.4. The summed E-state index contributed by atoms with van der Waals surface area (Å²) in [6, 6.07) is 74.6. The van der Waals surface area contributed by atoms with Gasteiger partial charge in [0.1, 0.15) is 13.2 Å². The maximum Gasteiger partial charge on any atom is 0.309 e. The number of hydrogen-bond donors (Lipinski definition) is 2. The lowest BCUT2D eigenvalue weighted by atomic mass is 9.95. The fraction of sp³-hybridized carbons (Fsp3) is 0.206. The highest BCUT2D eigenvalue weighted by Gasteiger charge is 2.27. The van der Waals surface area contributed by atoms with E-state index in [9.17, 15) is 19.2 Å². The van der Waals surface area contributed by atoms with Gasteiger partial charge in [-0.1, -0.05) is 244 Å². The number of ether oxygens (including phenoxy) is 2. The summed E-state index contributed by atoms with van der Waals surface area (Å²) < 4.78 is 12.6. The van der Waals surface area contributed by atoms with Gasteiger partial charge in [0.2, 0.25) is 5.82 Å². The van der Waals surface area contributed by atoms with Gasteiger partial charge in [-0.05, 0) is 97.0 Å². The van der Waals surface area contributed by atoms with Crippen LogP contribution >= 0.6 is 0 Å². The molecule has 424 valence electrons. The Kier molecular flexibility index (Phi) is 20.9. The van der Waals surface area contributed by atoms with Gasteiger partial charge in [-0.3, -0.25) is 19.2 Å². The lowest BCUT2D eigenvalue weighted by Crippen LogP contribution is -2.40. The summed E-state index contributed by atoms with van der Waals surface area (Å²) in [6.07, 6.45) is 1.82. The lowest BCUT2D eigenvalue weighted by Gasteiger charge is -2.22. The number of nitrogens with one attached hydrogen (secondary N) is 2. The van der Waals surface area contributed by atoms with E-state index < -0.39 is 23.7 Å². The van der Waals surface area contributed by atoms with Crippen LogP contribution in [-0.4, -0.2) is 76.3 Å². The molecule has 8 aromatic carbocycles. The minimum Gasteiger partial charge on any atom is -0.461 e. The number of tetrazole rings is 2. The topological polar surface area (TPSA) is 198 Å². The Hall–Kier alpha value is -10.2. The first-order valence-corrected chi connectivity index (χ1v) is 28.0. The smallest absolute Gasteiger partial charge is 0.309 e. The summed E-state index contributed by atoms with van der Waals surface area (Å²) in [6.45, 7) is 4.82. The maximum absolute atomic E-state index is 13.4. The van der Waals surface area contributed by atoms with Gasteiger partial charge >= 0.3 is 11.9 Å². The number of aromatic nitrogens is 8. The molecule has 2 aromatic heterocycles. The second-order valence-corrected chi connectivity index (χ2v) is 20.6. The van der Waals surface area contributed by atoms with E-state index in [0.29, 0.717) is 38.8 Å². The highest BCUT2D eigenvalue weighted by Crippen LogP contribution is 2.24. The van der Waals surface area contributed by atoms with Crippen molar-refractivity contribution in [2.75, 3.05) is 0 Å². The van der Waals surface area contributed by atoms with Crippen molar-refractivity contribution in [2.24, 2.45) is 11.8 Å². The Morgan fingerprint density at radius 2 is 0.798 bits per heavy atom. The third kappa shape index (κ3) is 17.6. The average Bonchev–Trinajstić information content (AvgIpc) is 4.36. The number of amides is 2. The summed E-state index contributed by atoms with van der Waals surface area (Å²) in [4.78, 5) is 53.8.